The van der Waals surface area contributed by atoms with Crippen LogP contribution in [0, 0.1) is 5.82 Å². The first-order valence-electron chi connectivity index (χ1n) is 6.86. The monoisotopic (exact) mass is 287 g/mol. The summed E-state index contributed by atoms with van der Waals surface area (Å²) >= 11 is 0. The van der Waals surface area contributed by atoms with Gasteiger partial charge in [0.25, 0.3) is 5.91 Å². The zero-order chi connectivity index (χ0) is 15.2. The normalized spacial score (nSPS) is 10.2. The van der Waals surface area contributed by atoms with Crippen LogP contribution in [0.1, 0.15) is 23.7 Å². The highest BCUT2D eigenvalue weighted by Gasteiger charge is 2.17. The molecule has 2 rings (SSSR count). The van der Waals surface area contributed by atoms with Crippen molar-refractivity contribution >= 4 is 17.4 Å². The number of pyridine rings is 1. The van der Waals surface area contributed by atoms with E-state index in [0.29, 0.717) is 17.1 Å². The molecule has 4 nitrogen and oxygen atoms in total. The summed E-state index contributed by atoms with van der Waals surface area (Å²) in [5.74, 6) is 0.0536. The first-order chi connectivity index (χ1) is 10.1. The summed E-state index contributed by atoms with van der Waals surface area (Å²) in [4.78, 5) is 18.3. The Hall–Kier alpha value is -2.43. The van der Waals surface area contributed by atoms with E-state index in [9.17, 15) is 9.18 Å². The molecule has 0 atom stereocenters. The lowest BCUT2D eigenvalue weighted by Gasteiger charge is -2.19. The van der Waals surface area contributed by atoms with Gasteiger partial charge < -0.3 is 10.2 Å². The molecule has 1 heterocycles. The van der Waals surface area contributed by atoms with Crippen LogP contribution in [0.15, 0.2) is 42.6 Å². The number of aromatic nitrogens is 1. The summed E-state index contributed by atoms with van der Waals surface area (Å²) < 4.78 is 13.0. The maximum absolute atomic E-state index is 13.0. The summed E-state index contributed by atoms with van der Waals surface area (Å²) in [6.07, 6.45) is 2.59. The predicted octanol–water partition coefficient (Wildman–Crippen LogP) is 3.32. The van der Waals surface area contributed by atoms with Crippen LogP contribution >= 0.6 is 0 Å². The standard InChI is InChI=1S/C16H18FN3O/c1-3-10-18-15-14(5-4-11-19-15)16(21)20(2)13-8-6-12(17)7-9-13/h4-9,11H,3,10H2,1-2H3,(H,18,19). The van der Waals surface area contributed by atoms with Crippen molar-refractivity contribution in [2.45, 2.75) is 13.3 Å². The van der Waals surface area contributed by atoms with Crippen LogP contribution in [0.2, 0.25) is 0 Å². The molecule has 0 bridgehead atoms. The molecule has 0 saturated heterocycles. The molecule has 2 aromatic rings. The third kappa shape index (κ3) is 3.56. The average Bonchev–Trinajstić information content (AvgIpc) is 2.52. The van der Waals surface area contributed by atoms with Gasteiger partial charge in [-0.05, 0) is 42.8 Å². The fourth-order valence-corrected chi connectivity index (χ4v) is 1.92. The first kappa shape index (κ1) is 15.0. The van der Waals surface area contributed by atoms with Crippen molar-refractivity contribution in [1.82, 2.24) is 4.98 Å². The van der Waals surface area contributed by atoms with E-state index in [0.717, 1.165) is 13.0 Å². The van der Waals surface area contributed by atoms with Crippen molar-refractivity contribution in [3.8, 4) is 0 Å². The van der Waals surface area contributed by atoms with Gasteiger partial charge in [0.2, 0.25) is 0 Å². The van der Waals surface area contributed by atoms with Gasteiger partial charge in [0, 0.05) is 25.5 Å². The minimum absolute atomic E-state index is 0.187. The number of carbonyl (C=O) groups excluding carboxylic acids is 1. The molecular formula is C16H18FN3O. The summed E-state index contributed by atoms with van der Waals surface area (Å²) in [7, 11) is 1.66. The van der Waals surface area contributed by atoms with E-state index in [2.05, 4.69) is 10.3 Å². The van der Waals surface area contributed by atoms with E-state index in [1.807, 2.05) is 6.92 Å². The fourth-order valence-electron chi connectivity index (χ4n) is 1.92. The summed E-state index contributed by atoms with van der Waals surface area (Å²) in [6, 6.07) is 9.26. The highest BCUT2D eigenvalue weighted by Crippen LogP contribution is 2.19. The summed E-state index contributed by atoms with van der Waals surface area (Å²) in [5.41, 5.74) is 1.13. The smallest absolute Gasteiger partial charge is 0.261 e. The Kier molecular flexibility index (Phi) is 4.87. The van der Waals surface area contributed by atoms with Crippen molar-refractivity contribution in [2.24, 2.45) is 0 Å². The molecule has 1 aromatic heterocycles. The van der Waals surface area contributed by atoms with Crippen LogP contribution < -0.4 is 10.2 Å². The topological polar surface area (TPSA) is 45.2 Å². The van der Waals surface area contributed by atoms with Crippen molar-refractivity contribution in [3.63, 3.8) is 0 Å². The number of benzene rings is 1. The van der Waals surface area contributed by atoms with Gasteiger partial charge in [-0.15, -0.1) is 0 Å². The van der Waals surface area contributed by atoms with Crippen LogP contribution in [-0.4, -0.2) is 24.5 Å². The van der Waals surface area contributed by atoms with Gasteiger partial charge in [-0.3, -0.25) is 4.79 Å². The molecule has 0 saturated carbocycles. The molecule has 0 radical (unpaired) electrons. The molecular weight excluding hydrogens is 269 g/mol. The quantitative estimate of drug-likeness (QED) is 0.917. The second-order valence-electron chi connectivity index (χ2n) is 4.67. The predicted molar refractivity (Wildman–Crippen MR) is 82.2 cm³/mol. The van der Waals surface area contributed by atoms with Gasteiger partial charge in [-0.25, -0.2) is 9.37 Å². The van der Waals surface area contributed by atoms with E-state index in [1.54, 1.807) is 37.5 Å². The Labute approximate surface area is 123 Å². The van der Waals surface area contributed by atoms with Crippen LogP contribution in [-0.2, 0) is 0 Å². The molecule has 1 N–H and O–H groups in total. The minimum atomic E-state index is -0.328. The van der Waals surface area contributed by atoms with Crippen LogP contribution in [0.3, 0.4) is 0 Å². The molecule has 0 aliphatic carbocycles. The lowest BCUT2D eigenvalue weighted by molar-refractivity contribution is 0.0993. The van der Waals surface area contributed by atoms with Crippen LogP contribution in [0.25, 0.3) is 0 Å². The van der Waals surface area contributed by atoms with Crippen molar-refractivity contribution in [2.75, 3.05) is 23.8 Å². The number of hydrogen-bond acceptors (Lipinski definition) is 3. The van der Waals surface area contributed by atoms with Crippen molar-refractivity contribution in [3.05, 3.63) is 54.0 Å². The highest BCUT2D eigenvalue weighted by atomic mass is 19.1. The molecule has 110 valence electrons. The van der Waals surface area contributed by atoms with Gasteiger partial charge in [0.05, 0.1) is 5.56 Å². The first-order valence-corrected chi connectivity index (χ1v) is 6.86. The second-order valence-corrected chi connectivity index (χ2v) is 4.67. The largest absolute Gasteiger partial charge is 0.369 e. The molecule has 0 spiro atoms. The number of rotatable bonds is 5. The van der Waals surface area contributed by atoms with Gasteiger partial charge in [0.1, 0.15) is 11.6 Å². The van der Waals surface area contributed by atoms with Crippen LogP contribution in [0.5, 0.6) is 0 Å². The Bertz CT molecular complexity index is 613. The number of amides is 1. The number of anilines is 2. The van der Waals surface area contributed by atoms with Crippen LogP contribution in [0.4, 0.5) is 15.9 Å². The van der Waals surface area contributed by atoms with E-state index in [4.69, 9.17) is 0 Å². The van der Waals surface area contributed by atoms with Gasteiger partial charge in [-0.1, -0.05) is 6.92 Å². The third-order valence-electron chi connectivity index (χ3n) is 3.10. The van der Waals surface area contributed by atoms with Crippen molar-refractivity contribution < 1.29 is 9.18 Å². The van der Waals surface area contributed by atoms with E-state index < -0.39 is 0 Å². The zero-order valence-electron chi connectivity index (χ0n) is 12.1. The number of carbonyl (C=O) groups is 1. The molecule has 0 aliphatic heterocycles. The van der Waals surface area contributed by atoms with Gasteiger partial charge >= 0.3 is 0 Å². The minimum Gasteiger partial charge on any atom is -0.369 e. The Morgan fingerprint density at radius 3 is 2.67 bits per heavy atom. The number of hydrogen-bond donors (Lipinski definition) is 1. The lowest BCUT2D eigenvalue weighted by Crippen LogP contribution is -2.27. The maximum Gasteiger partial charge on any atom is 0.261 e. The Morgan fingerprint density at radius 1 is 1.29 bits per heavy atom. The molecule has 0 fully saturated rings. The van der Waals surface area contributed by atoms with Gasteiger partial charge in [0.15, 0.2) is 0 Å². The lowest BCUT2D eigenvalue weighted by atomic mass is 10.2. The number of halogens is 1. The van der Waals surface area contributed by atoms with E-state index >= 15 is 0 Å². The molecule has 0 unspecified atom stereocenters. The highest BCUT2D eigenvalue weighted by molar-refractivity contribution is 6.08. The Morgan fingerprint density at radius 2 is 2.00 bits per heavy atom. The fraction of sp³-hybridized carbons (Fsp3) is 0.250. The van der Waals surface area contributed by atoms with Gasteiger partial charge in [-0.2, -0.15) is 0 Å². The molecule has 1 aromatic carbocycles. The molecule has 0 aliphatic rings. The maximum atomic E-state index is 13.0. The Balaban J connectivity index is 2.24. The molecule has 21 heavy (non-hydrogen) atoms. The molecule has 5 heteroatoms. The molecule has 1 amide bonds. The zero-order valence-corrected chi connectivity index (χ0v) is 12.1. The SMILES string of the molecule is CCCNc1ncccc1C(=O)N(C)c1ccc(F)cc1. The third-order valence-corrected chi connectivity index (χ3v) is 3.10. The second kappa shape index (κ2) is 6.83. The summed E-state index contributed by atoms with van der Waals surface area (Å²) in [5, 5.41) is 3.14. The van der Waals surface area contributed by atoms with Crippen molar-refractivity contribution in [1.29, 1.82) is 0 Å². The number of nitrogens with one attached hydrogen (secondary N) is 1. The summed E-state index contributed by atoms with van der Waals surface area (Å²) in [6.45, 7) is 2.79. The van der Waals surface area contributed by atoms with E-state index in [-0.39, 0.29) is 11.7 Å². The average molecular weight is 287 g/mol. The number of nitrogens with zero attached hydrogens (tertiary/aromatic N) is 2. The van der Waals surface area contributed by atoms with E-state index in [1.165, 1.54) is 17.0 Å².